The van der Waals surface area contributed by atoms with E-state index in [1.54, 1.807) is 24.8 Å². The number of halogens is 7. The summed E-state index contributed by atoms with van der Waals surface area (Å²) in [6.07, 6.45) is 34.8. The highest BCUT2D eigenvalue weighted by Gasteiger charge is 2.20. The lowest BCUT2D eigenvalue weighted by molar-refractivity contribution is 0.425. The normalized spacial score (nSPS) is 10.8. The molecule has 23 rings (SSSR count). The Hall–Kier alpha value is -16.3. The third-order valence-corrected chi connectivity index (χ3v) is 24.8. The van der Waals surface area contributed by atoms with Crippen LogP contribution >= 0.6 is 63.7 Å². The summed E-state index contributed by atoms with van der Waals surface area (Å²) in [5, 5.41) is 51.2. The number of para-hydroxylation sites is 6. The predicted molar refractivity (Wildman–Crippen MR) is 601 cm³/mol. The molecule has 0 fully saturated rings. The molecule has 17 heterocycles. The fourth-order valence-electron chi connectivity index (χ4n) is 16.3. The van der Waals surface area contributed by atoms with E-state index in [9.17, 15) is 13.2 Å². The highest BCUT2D eigenvalue weighted by atomic mass is 79.9. The summed E-state index contributed by atoms with van der Waals surface area (Å²) in [6, 6.07) is 70.0. The molecule has 0 aliphatic heterocycles. The van der Waals surface area contributed by atoms with Gasteiger partial charge in [-0.2, -0.15) is 10.5 Å². The molecular formula is C111H103BBr4F3N27O2. The number of aromatic amines is 1. The molecule has 37 heteroatoms. The molecule has 0 saturated heterocycles. The van der Waals surface area contributed by atoms with Crippen molar-refractivity contribution in [3.63, 3.8) is 0 Å². The van der Waals surface area contributed by atoms with E-state index in [0.29, 0.717) is 71.3 Å². The molecule has 148 heavy (non-hydrogen) atoms. The van der Waals surface area contributed by atoms with Gasteiger partial charge in [0, 0.05) is 194 Å². The van der Waals surface area contributed by atoms with Crippen LogP contribution in [0.1, 0.15) is 63.3 Å². The fourth-order valence-corrected chi connectivity index (χ4v) is 17.8. The molecule has 0 atom stereocenters. The van der Waals surface area contributed by atoms with Gasteiger partial charge >= 0.3 is 7.12 Å². The van der Waals surface area contributed by atoms with Gasteiger partial charge in [0.2, 0.25) is 0 Å². The van der Waals surface area contributed by atoms with E-state index in [4.69, 9.17) is 36.3 Å². The Kier molecular flexibility index (Phi) is 36.5. The maximum atomic E-state index is 13.8. The van der Waals surface area contributed by atoms with Gasteiger partial charge in [-0.15, -0.1) is 0 Å². The van der Waals surface area contributed by atoms with Crippen molar-refractivity contribution < 1.29 is 23.2 Å². The fraction of sp³-hybridized carbons (Fsp3) is 0.144. The van der Waals surface area contributed by atoms with E-state index >= 15 is 0 Å². The van der Waals surface area contributed by atoms with E-state index < -0.39 is 18.8 Å². The first-order valence-corrected chi connectivity index (χ1v) is 50.4. The number of H-pyrrole nitrogens is 1. The van der Waals surface area contributed by atoms with Crippen LogP contribution in [0.25, 0.3) is 127 Å². The maximum absolute atomic E-state index is 13.8. The van der Waals surface area contributed by atoms with Crippen molar-refractivity contribution in [1.29, 1.82) is 10.5 Å². The number of nitrogens with zero attached hydrogens (tertiary/aromatic N) is 22. The second kappa shape index (κ2) is 51.0. The van der Waals surface area contributed by atoms with E-state index in [2.05, 4.69) is 327 Å². The minimum absolute atomic E-state index is 0.0556. The van der Waals surface area contributed by atoms with E-state index in [1.807, 2.05) is 165 Å². The summed E-state index contributed by atoms with van der Waals surface area (Å²) >= 11 is 13.1. The summed E-state index contributed by atoms with van der Waals surface area (Å²) in [6.45, 7) is 28.5. The van der Waals surface area contributed by atoms with Crippen LogP contribution in [0.3, 0.4) is 0 Å². The lowest BCUT2D eigenvalue weighted by Crippen LogP contribution is -2.30. The average molecular weight is 2230 g/mol. The van der Waals surface area contributed by atoms with Gasteiger partial charge < -0.3 is 59.6 Å². The summed E-state index contributed by atoms with van der Waals surface area (Å²) in [5.74, 6) is 0.983. The number of hydrogen-bond donors (Lipinski definition) is 7. The molecule has 0 radical (unpaired) electrons. The number of alkyl halides is 1. The largest absolute Gasteiger partial charge is 0.490 e. The van der Waals surface area contributed by atoms with E-state index in [0.717, 1.165) is 127 Å². The smallest absolute Gasteiger partial charge is 0.423 e. The van der Waals surface area contributed by atoms with E-state index in [-0.39, 0.29) is 17.2 Å². The molecule has 0 bridgehead atoms. The zero-order valence-electron chi connectivity index (χ0n) is 81.4. The molecule has 0 saturated carbocycles. The summed E-state index contributed by atoms with van der Waals surface area (Å²) in [5.41, 5.74) is 25.1. The van der Waals surface area contributed by atoms with Gasteiger partial charge in [0.1, 0.15) is 33.2 Å². The van der Waals surface area contributed by atoms with Crippen LogP contribution in [0, 0.1) is 40.1 Å². The summed E-state index contributed by atoms with van der Waals surface area (Å²) < 4.78 is 60.7. The number of nitriles is 2. The topological polar surface area (TPSA) is 350 Å². The van der Waals surface area contributed by atoms with Gasteiger partial charge in [-0.25, -0.2) is 53.0 Å². The molecule has 0 amide bonds. The van der Waals surface area contributed by atoms with Crippen molar-refractivity contribution in [2.75, 3.05) is 47.5 Å². The SMILES string of the molecule is C=C(C)c1cnc2c(Br)nc(Br)cn12.C=C(C)c1cnc2c(NCCn3ccc4ccccc43)nc(-c3cncc(F)c3)cn12.C=C(C)c1cnc2c(NCCn3ccc4ccccc43)nc(Br)cn12.CC(C)c1cnc2c(NCCn3ccc4ccccc43)nc(-c3cncc(F)c3)cn12.N#CCBr.N#CCn1ccc2ccccc21.NCCn1ccc2ccccc21.OB(O)c1cncc(F)c1.c1ccc2[nH]ccc2c1. The molecule has 0 aliphatic rings. The number of fused-ring (bicyclic) bond motifs is 10. The zero-order chi connectivity index (χ0) is 104. The second-order valence-corrected chi connectivity index (χ2v) is 37.0. The minimum atomic E-state index is -1.65. The highest BCUT2D eigenvalue weighted by Crippen LogP contribution is 2.32. The standard InChI is InChI=1S/C24H23FN6.C24H21FN6.C19H18BrN5.C10H12N2.C10H8N2.C9H7Br2N3.C8H7N.C5H5BFNO2.C2H2BrN/c2*1-16(2)22-14-28-24-23(27-8-10-30-9-7-17-5-3-4-6-21(17)30)29-20(15-31(22)24)18-11-19(25)13-26-12-18;1-13(2)16-11-22-19-18(23-17(20)12-25(16)19)21-8-10-24-9-7-14-5-3-4-6-15(14)24;2*11-6-8-12-7-5-9-3-1-2-4-10(9)12;1-5(2)6-3-12-9-8(11)13-7(10)4-14(6)9;1-2-4-8-7(3-1)5-6-9-8;7-5-1-4(6(9)10)2-8-3-5;3-1-2-4/h3-7,9,11-16H,8,10H2,1-2H3,(H,27,29);3-7,9,11-15H,1,8,10H2,2H3,(H,27,29);3-7,9,11-12H,1,8,10H2,2H3,(H,21,23);1-5,7H,6,8,11H2;1-5,7H,8H2;3-4H,1H2,2H3;1-6,9H;1-3,9-10H;1H2. The number of imidazole rings is 4. The number of nitrogens with one attached hydrogen (secondary N) is 4. The number of hydrogen-bond acceptors (Lipinski definition) is 19. The predicted octanol–water partition coefficient (Wildman–Crippen LogP) is 23.8. The number of rotatable bonds is 22. The average Bonchev–Trinajstić information content (AvgIpc) is 1.61. The Balaban J connectivity index is 0.000000131. The van der Waals surface area contributed by atoms with Gasteiger partial charge in [-0.1, -0.05) is 159 Å². The van der Waals surface area contributed by atoms with Crippen molar-refractivity contribution in [2.45, 2.75) is 73.3 Å². The Bertz CT molecular complexity index is 8600. The first-order chi connectivity index (χ1) is 71.8. The Morgan fingerprint density at radius 2 is 0.784 bits per heavy atom. The molecule has 17 aromatic heterocycles. The monoisotopic (exact) mass is 2230 g/mol. The van der Waals surface area contributed by atoms with Crippen LogP contribution in [0.15, 0.2) is 358 Å². The van der Waals surface area contributed by atoms with Crippen molar-refractivity contribution in [1.82, 2.24) is 100 Å². The molecule has 746 valence electrons. The lowest BCUT2D eigenvalue weighted by atomic mass is 9.82. The minimum Gasteiger partial charge on any atom is -0.423 e. The van der Waals surface area contributed by atoms with Crippen LogP contribution in [0.5, 0.6) is 0 Å². The van der Waals surface area contributed by atoms with Crippen molar-refractivity contribution in [2.24, 2.45) is 5.73 Å². The van der Waals surface area contributed by atoms with Crippen LogP contribution in [0.4, 0.5) is 30.6 Å². The van der Waals surface area contributed by atoms with Crippen molar-refractivity contribution >= 4 is 198 Å². The van der Waals surface area contributed by atoms with Gasteiger partial charge in [-0.3, -0.25) is 32.6 Å². The van der Waals surface area contributed by atoms with Crippen molar-refractivity contribution in [3.05, 3.63) is 398 Å². The van der Waals surface area contributed by atoms with E-state index in [1.165, 1.54) is 90.6 Å². The Morgan fingerprint density at radius 1 is 0.426 bits per heavy atom. The molecule has 29 nitrogen and oxygen atoms in total. The molecule has 0 aliphatic carbocycles. The number of anilines is 3. The molecule has 23 aromatic rings. The maximum Gasteiger partial charge on any atom is 0.490 e. The van der Waals surface area contributed by atoms with Crippen LogP contribution < -0.4 is 27.1 Å². The summed E-state index contributed by atoms with van der Waals surface area (Å²) in [4.78, 5) is 50.6. The quantitative estimate of drug-likeness (QED) is 0.0245. The number of nitrogens with two attached hydrogens (primary N) is 1. The van der Waals surface area contributed by atoms with Crippen LogP contribution in [-0.4, -0.2) is 149 Å². The zero-order valence-corrected chi connectivity index (χ0v) is 87.7. The number of benzene rings is 6. The highest BCUT2D eigenvalue weighted by molar-refractivity contribution is 9.11. The number of aromatic nitrogens is 21. The molecule has 6 aromatic carbocycles. The van der Waals surface area contributed by atoms with Crippen molar-refractivity contribution in [3.8, 4) is 34.7 Å². The first kappa shape index (κ1) is 106. The number of pyridine rings is 3. The van der Waals surface area contributed by atoms with Crippen LogP contribution in [0.2, 0.25) is 0 Å². The Morgan fingerprint density at radius 3 is 1.18 bits per heavy atom. The Labute approximate surface area is 884 Å². The molecule has 8 N–H and O–H groups in total. The molecule has 0 unspecified atom stereocenters. The third kappa shape index (κ3) is 26.7. The van der Waals surface area contributed by atoms with Crippen LogP contribution in [-0.2, 0) is 32.7 Å². The lowest BCUT2D eigenvalue weighted by Gasteiger charge is -2.13. The van der Waals surface area contributed by atoms with Gasteiger partial charge in [0.25, 0.3) is 0 Å². The van der Waals surface area contributed by atoms with Gasteiger partial charge in [0.15, 0.2) is 44.6 Å². The number of allylic oxidation sites excluding steroid dienone is 3. The molecular weight excluding hydrogens is 2130 g/mol. The summed E-state index contributed by atoms with van der Waals surface area (Å²) in [7, 11) is -1.65. The first-order valence-electron chi connectivity index (χ1n) is 46.9. The van der Waals surface area contributed by atoms with Gasteiger partial charge in [-0.05, 0) is 215 Å². The van der Waals surface area contributed by atoms with Gasteiger partial charge in [0.05, 0.1) is 83.1 Å². The second-order valence-electron chi connectivity index (χ2n) is 34.1. The molecule has 0 spiro atoms. The third-order valence-electron chi connectivity index (χ3n) is 23.3.